The molecule has 5 heteroatoms. The van der Waals surface area contributed by atoms with E-state index in [4.69, 9.17) is 4.42 Å². The Morgan fingerprint density at radius 2 is 2.28 bits per heavy atom. The lowest BCUT2D eigenvalue weighted by Gasteiger charge is -1.98. The number of amides is 1. The van der Waals surface area contributed by atoms with Crippen molar-refractivity contribution >= 4 is 23.2 Å². The van der Waals surface area contributed by atoms with Crippen LogP contribution < -0.4 is 5.32 Å². The van der Waals surface area contributed by atoms with Crippen LogP contribution >= 0.6 is 0 Å². The number of benzene rings is 1. The van der Waals surface area contributed by atoms with Crippen molar-refractivity contribution in [3.05, 3.63) is 29.5 Å². The number of rotatable bonds is 4. The van der Waals surface area contributed by atoms with E-state index in [1.807, 2.05) is 6.92 Å². The fourth-order valence-electron chi connectivity index (χ4n) is 1.68. The molecule has 2 aromatic rings. The molecule has 1 aromatic carbocycles. The number of nitrogens with one attached hydrogen (secondary N) is 1. The van der Waals surface area contributed by atoms with Gasteiger partial charge in [-0.05, 0) is 24.6 Å². The van der Waals surface area contributed by atoms with Crippen molar-refractivity contribution in [3.8, 4) is 5.75 Å². The molecule has 1 aromatic heterocycles. The Labute approximate surface area is 103 Å². The second kappa shape index (κ2) is 4.91. The molecule has 5 nitrogen and oxygen atoms in total. The zero-order chi connectivity index (χ0) is 13.1. The molecule has 0 atom stereocenters. The van der Waals surface area contributed by atoms with Gasteiger partial charge in [0.25, 0.3) is 5.91 Å². The summed E-state index contributed by atoms with van der Waals surface area (Å²) in [5.74, 6) is -0.324. The van der Waals surface area contributed by atoms with E-state index >= 15 is 0 Å². The van der Waals surface area contributed by atoms with Gasteiger partial charge in [0.05, 0.1) is 5.56 Å². The van der Waals surface area contributed by atoms with Crippen molar-refractivity contribution < 1.29 is 19.1 Å². The molecule has 0 saturated carbocycles. The summed E-state index contributed by atoms with van der Waals surface area (Å²) in [4.78, 5) is 22.6. The predicted molar refractivity (Wildman–Crippen MR) is 65.9 cm³/mol. The molecule has 0 saturated heterocycles. The van der Waals surface area contributed by atoms with E-state index in [2.05, 4.69) is 5.32 Å². The maximum atomic E-state index is 11.7. The molecule has 18 heavy (non-hydrogen) atoms. The molecule has 0 aliphatic rings. The summed E-state index contributed by atoms with van der Waals surface area (Å²) in [7, 11) is 0. The summed E-state index contributed by atoms with van der Waals surface area (Å²) < 4.78 is 5.34. The Morgan fingerprint density at radius 3 is 2.94 bits per heavy atom. The van der Waals surface area contributed by atoms with Crippen LogP contribution in [0.15, 0.2) is 22.6 Å². The van der Waals surface area contributed by atoms with Crippen LogP contribution in [0.1, 0.15) is 34.3 Å². The Kier molecular flexibility index (Phi) is 3.32. The second-order valence-corrected chi connectivity index (χ2v) is 3.89. The van der Waals surface area contributed by atoms with Gasteiger partial charge in [0, 0.05) is 11.9 Å². The predicted octanol–water partition coefficient (Wildman–Crippen LogP) is 2.09. The molecule has 2 N–H and O–H groups in total. The van der Waals surface area contributed by atoms with Crippen molar-refractivity contribution in [1.82, 2.24) is 5.32 Å². The fourth-order valence-corrected chi connectivity index (χ4v) is 1.68. The first-order valence-corrected chi connectivity index (χ1v) is 5.66. The zero-order valence-corrected chi connectivity index (χ0v) is 9.90. The van der Waals surface area contributed by atoms with Gasteiger partial charge in [0.1, 0.15) is 11.3 Å². The van der Waals surface area contributed by atoms with E-state index in [0.29, 0.717) is 23.8 Å². The van der Waals surface area contributed by atoms with Gasteiger partial charge in [-0.2, -0.15) is 0 Å². The van der Waals surface area contributed by atoms with E-state index < -0.39 is 0 Å². The minimum absolute atomic E-state index is 0.126. The number of hydrogen-bond donors (Lipinski definition) is 2. The summed E-state index contributed by atoms with van der Waals surface area (Å²) in [5, 5.41) is 12.6. The molecule has 0 fully saturated rings. The van der Waals surface area contributed by atoms with Crippen LogP contribution in [-0.4, -0.2) is 23.8 Å². The Morgan fingerprint density at radius 1 is 1.50 bits per heavy atom. The maximum absolute atomic E-state index is 11.7. The van der Waals surface area contributed by atoms with Crippen molar-refractivity contribution in [1.29, 1.82) is 0 Å². The zero-order valence-electron chi connectivity index (χ0n) is 9.90. The summed E-state index contributed by atoms with van der Waals surface area (Å²) in [6, 6.07) is 4.35. The quantitative estimate of drug-likeness (QED) is 0.811. The van der Waals surface area contributed by atoms with Gasteiger partial charge in [0.15, 0.2) is 12.0 Å². The Balaban J connectivity index is 2.44. The highest BCUT2D eigenvalue weighted by Crippen LogP contribution is 2.28. The number of aromatic hydroxyl groups is 1. The minimum atomic E-state index is -0.329. The largest absolute Gasteiger partial charge is 0.507 e. The van der Waals surface area contributed by atoms with Gasteiger partial charge in [-0.15, -0.1) is 0 Å². The van der Waals surface area contributed by atoms with E-state index in [1.165, 1.54) is 18.2 Å². The van der Waals surface area contributed by atoms with Crippen LogP contribution in [0.5, 0.6) is 5.75 Å². The standard InChI is InChI=1S/C13H13NO4/c1-2-5-14-13(17)12-6-8-9(7-15)10(16)3-4-11(8)18-12/h3-4,6-7,16H,2,5H2,1H3,(H,14,17). The van der Waals surface area contributed by atoms with Gasteiger partial charge < -0.3 is 14.8 Å². The van der Waals surface area contributed by atoms with Gasteiger partial charge in [0.2, 0.25) is 0 Å². The first kappa shape index (κ1) is 12.2. The van der Waals surface area contributed by atoms with Crippen LogP contribution in [0.2, 0.25) is 0 Å². The van der Waals surface area contributed by atoms with Crippen molar-refractivity contribution in [2.75, 3.05) is 6.54 Å². The number of phenols is 1. The number of carbonyl (C=O) groups is 2. The lowest BCUT2D eigenvalue weighted by molar-refractivity contribution is 0.0928. The molecule has 0 aliphatic heterocycles. The third-order valence-corrected chi connectivity index (χ3v) is 2.60. The van der Waals surface area contributed by atoms with Crippen LogP contribution in [0.25, 0.3) is 11.0 Å². The molecule has 0 unspecified atom stereocenters. The highest BCUT2D eigenvalue weighted by molar-refractivity contribution is 6.03. The van der Waals surface area contributed by atoms with Gasteiger partial charge in [-0.25, -0.2) is 0 Å². The Hall–Kier alpha value is -2.30. The third kappa shape index (κ3) is 2.07. The van der Waals surface area contributed by atoms with Crippen molar-refractivity contribution in [2.24, 2.45) is 0 Å². The summed E-state index contributed by atoms with van der Waals surface area (Å²) in [6.07, 6.45) is 1.37. The molecule has 0 spiro atoms. The Bertz CT molecular complexity index is 600. The van der Waals surface area contributed by atoms with Crippen molar-refractivity contribution in [2.45, 2.75) is 13.3 Å². The lowest BCUT2D eigenvalue weighted by atomic mass is 10.1. The van der Waals surface area contributed by atoms with E-state index in [0.717, 1.165) is 6.42 Å². The summed E-state index contributed by atoms with van der Waals surface area (Å²) >= 11 is 0. The van der Waals surface area contributed by atoms with Crippen LogP contribution in [0.3, 0.4) is 0 Å². The molecule has 1 amide bonds. The molecule has 0 aliphatic carbocycles. The monoisotopic (exact) mass is 247 g/mol. The fraction of sp³-hybridized carbons (Fsp3) is 0.231. The van der Waals surface area contributed by atoms with Crippen LogP contribution in [-0.2, 0) is 0 Å². The van der Waals surface area contributed by atoms with E-state index in [1.54, 1.807) is 0 Å². The molecular formula is C13H13NO4. The number of hydrogen-bond acceptors (Lipinski definition) is 4. The second-order valence-electron chi connectivity index (χ2n) is 3.89. The van der Waals surface area contributed by atoms with E-state index in [9.17, 15) is 14.7 Å². The number of phenolic OH excluding ortho intramolecular Hbond substituents is 1. The van der Waals surface area contributed by atoms with Crippen LogP contribution in [0.4, 0.5) is 0 Å². The van der Waals surface area contributed by atoms with Crippen molar-refractivity contribution in [3.63, 3.8) is 0 Å². The summed E-state index contributed by atoms with van der Waals surface area (Å²) in [6.45, 7) is 2.50. The average Bonchev–Trinajstić information content (AvgIpc) is 2.79. The normalized spacial score (nSPS) is 10.5. The number of carbonyl (C=O) groups excluding carboxylic acids is 2. The minimum Gasteiger partial charge on any atom is -0.507 e. The SMILES string of the molecule is CCCNC(=O)c1cc2c(C=O)c(O)ccc2o1. The highest BCUT2D eigenvalue weighted by Gasteiger charge is 2.15. The topological polar surface area (TPSA) is 79.5 Å². The number of aldehydes is 1. The van der Waals surface area contributed by atoms with Gasteiger partial charge >= 0.3 is 0 Å². The number of fused-ring (bicyclic) bond motifs is 1. The maximum Gasteiger partial charge on any atom is 0.287 e. The first-order valence-electron chi connectivity index (χ1n) is 5.66. The average molecular weight is 247 g/mol. The first-order chi connectivity index (χ1) is 8.67. The summed E-state index contributed by atoms with van der Waals surface area (Å²) in [5.41, 5.74) is 0.530. The number of furan rings is 1. The molecule has 1 heterocycles. The molecular weight excluding hydrogens is 234 g/mol. The van der Waals surface area contributed by atoms with Gasteiger partial charge in [-0.3, -0.25) is 9.59 Å². The molecule has 0 radical (unpaired) electrons. The van der Waals surface area contributed by atoms with Crippen LogP contribution in [0, 0.1) is 0 Å². The molecule has 2 rings (SSSR count). The third-order valence-electron chi connectivity index (χ3n) is 2.60. The highest BCUT2D eigenvalue weighted by atomic mass is 16.3. The van der Waals surface area contributed by atoms with E-state index in [-0.39, 0.29) is 23.0 Å². The molecule has 94 valence electrons. The van der Waals surface area contributed by atoms with Gasteiger partial charge in [-0.1, -0.05) is 6.92 Å². The molecule has 0 bridgehead atoms. The lowest BCUT2D eigenvalue weighted by Crippen LogP contribution is -2.23. The smallest absolute Gasteiger partial charge is 0.287 e.